The van der Waals surface area contributed by atoms with Gasteiger partial charge in [0.05, 0.1) is 11.1 Å². The largest absolute Gasteiger partial charge is 0.298 e. The summed E-state index contributed by atoms with van der Waals surface area (Å²) in [6, 6.07) is 11.9. The van der Waals surface area contributed by atoms with E-state index < -0.39 is 15.9 Å². The first-order valence-corrected chi connectivity index (χ1v) is 10.2. The Balaban J connectivity index is 1.81. The highest BCUT2D eigenvalue weighted by atomic mass is 35.5. The molecule has 0 bridgehead atoms. The number of anilines is 2. The summed E-state index contributed by atoms with van der Waals surface area (Å²) in [6.45, 7) is 0. The van der Waals surface area contributed by atoms with Crippen LogP contribution in [0.25, 0.3) is 0 Å². The Morgan fingerprint density at radius 1 is 1.08 bits per heavy atom. The summed E-state index contributed by atoms with van der Waals surface area (Å²) in [5, 5.41) is 3.39. The predicted molar refractivity (Wildman–Crippen MR) is 104 cm³/mol. The number of amides is 1. The third-order valence-corrected chi connectivity index (χ3v) is 5.86. The summed E-state index contributed by atoms with van der Waals surface area (Å²) in [7, 11) is -3.86. The van der Waals surface area contributed by atoms with Crippen LogP contribution in [-0.4, -0.2) is 19.3 Å². The number of carbonyl (C=O) groups excluding carboxylic acids is 1. The van der Waals surface area contributed by atoms with Gasteiger partial charge >= 0.3 is 0 Å². The Bertz CT molecular complexity index is 1050. The van der Waals surface area contributed by atoms with Crippen LogP contribution >= 0.6 is 34.5 Å². The second-order valence-electron chi connectivity index (χ2n) is 5.06. The van der Waals surface area contributed by atoms with Crippen molar-refractivity contribution in [3.8, 4) is 0 Å². The van der Waals surface area contributed by atoms with Crippen LogP contribution in [-0.2, 0) is 10.0 Å². The molecule has 0 aliphatic carbocycles. The van der Waals surface area contributed by atoms with Crippen molar-refractivity contribution in [1.82, 2.24) is 4.98 Å². The van der Waals surface area contributed by atoms with Crippen LogP contribution in [0.15, 0.2) is 59.6 Å². The Kier molecular flexibility index (Phi) is 5.47. The number of hydrogen-bond acceptors (Lipinski definition) is 5. The monoisotopic (exact) mass is 427 g/mol. The van der Waals surface area contributed by atoms with Crippen molar-refractivity contribution >= 4 is 61.3 Å². The molecule has 2 aromatic carbocycles. The molecule has 0 saturated heterocycles. The minimum absolute atomic E-state index is 0.0442. The molecule has 0 atom stereocenters. The molecule has 0 aliphatic heterocycles. The third kappa shape index (κ3) is 4.53. The summed E-state index contributed by atoms with van der Waals surface area (Å²) in [5.41, 5.74) is 0.539. The molecule has 1 aromatic heterocycles. The van der Waals surface area contributed by atoms with E-state index >= 15 is 0 Å². The second-order valence-corrected chi connectivity index (χ2v) is 8.84. The van der Waals surface area contributed by atoms with Gasteiger partial charge in [-0.2, -0.15) is 0 Å². The van der Waals surface area contributed by atoms with Crippen LogP contribution in [0.4, 0.5) is 10.8 Å². The standard InChI is InChI=1S/C16H11Cl2N3O3S2/c17-11-4-6-12(7-5-11)21-26(23,24)13-3-1-2-10(8-13)15(22)20-16-19-9-14(18)25-16/h1-9,21H,(H,19,20,22). The summed E-state index contributed by atoms with van der Waals surface area (Å²) in [4.78, 5) is 16.2. The number of nitrogens with zero attached hydrogens (tertiary/aromatic N) is 1. The molecule has 0 radical (unpaired) electrons. The number of nitrogens with one attached hydrogen (secondary N) is 2. The molecular formula is C16H11Cl2N3O3S2. The molecule has 0 spiro atoms. The van der Waals surface area contributed by atoms with Crippen LogP contribution in [0.5, 0.6) is 0 Å². The number of carbonyl (C=O) groups is 1. The van der Waals surface area contributed by atoms with E-state index in [1.54, 1.807) is 24.3 Å². The Morgan fingerprint density at radius 2 is 1.81 bits per heavy atom. The van der Waals surface area contributed by atoms with Gasteiger partial charge in [0, 0.05) is 16.3 Å². The normalized spacial score (nSPS) is 11.2. The van der Waals surface area contributed by atoms with Gasteiger partial charge in [-0.3, -0.25) is 14.8 Å². The molecule has 26 heavy (non-hydrogen) atoms. The Labute approximate surface area is 163 Å². The van der Waals surface area contributed by atoms with Gasteiger partial charge in [0.1, 0.15) is 4.34 Å². The molecular weight excluding hydrogens is 417 g/mol. The van der Waals surface area contributed by atoms with Gasteiger partial charge in [-0.05, 0) is 42.5 Å². The molecule has 0 fully saturated rings. The first-order chi connectivity index (χ1) is 12.3. The minimum Gasteiger partial charge on any atom is -0.298 e. The van der Waals surface area contributed by atoms with Crippen LogP contribution in [0.1, 0.15) is 10.4 Å². The van der Waals surface area contributed by atoms with Crippen molar-refractivity contribution in [1.29, 1.82) is 0 Å². The maximum absolute atomic E-state index is 12.5. The number of sulfonamides is 1. The quantitative estimate of drug-likeness (QED) is 0.626. The van der Waals surface area contributed by atoms with Crippen LogP contribution in [0, 0.1) is 0 Å². The molecule has 0 saturated carbocycles. The number of halogens is 2. The van der Waals surface area contributed by atoms with Gasteiger partial charge in [-0.1, -0.05) is 40.6 Å². The fourth-order valence-corrected chi connectivity index (χ4v) is 4.06. The van der Waals surface area contributed by atoms with Gasteiger partial charge in [0.2, 0.25) is 0 Å². The highest BCUT2D eigenvalue weighted by molar-refractivity contribution is 7.92. The van der Waals surface area contributed by atoms with Crippen LogP contribution in [0.2, 0.25) is 9.36 Å². The first-order valence-electron chi connectivity index (χ1n) is 7.15. The molecule has 2 N–H and O–H groups in total. The van der Waals surface area contributed by atoms with Gasteiger partial charge in [-0.25, -0.2) is 13.4 Å². The van der Waals surface area contributed by atoms with Crippen molar-refractivity contribution in [3.05, 3.63) is 69.7 Å². The highest BCUT2D eigenvalue weighted by Crippen LogP contribution is 2.24. The summed E-state index contributed by atoms with van der Waals surface area (Å²) < 4.78 is 27.9. The zero-order chi connectivity index (χ0) is 18.7. The molecule has 0 aliphatic rings. The maximum Gasteiger partial charge on any atom is 0.261 e. The van der Waals surface area contributed by atoms with E-state index in [1.165, 1.54) is 30.5 Å². The number of rotatable bonds is 5. The smallest absolute Gasteiger partial charge is 0.261 e. The lowest BCUT2D eigenvalue weighted by Gasteiger charge is -2.09. The molecule has 10 heteroatoms. The molecule has 134 valence electrons. The Hall–Kier alpha value is -2.13. The van der Waals surface area contributed by atoms with Crippen LogP contribution < -0.4 is 10.0 Å². The van der Waals surface area contributed by atoms with Crippen molar-refractivity contribution < 1.29 is 13.2 Å². The van der Waals surface area contributed by atoms with E-state index in [1.807, 2.05) is 0 Å². The molecule has 3 rings (SSSR count). The van der Waals surface area contributed by atoms with E-state index in [0.717, 1.165) is 11.3 Å². The molecule has 1 heterocycles. The Morgan fingerprint density at radius 3 is 2.46 bits per heavy atom. The van der Waals surface area contributed by atoms with Gasteiger partial charge in [0.25, 0.3) is 15.9 Å². The number of thiazole rings is 1. The first kappa shape index (κ1) is 18.7. The average Bonchev–Trinajstić information content (AvgIpc) is 3.02. The number of aromatic nitrogens is 1. The summed E-state index contributed by atoms with van der Waals surface area (Å²) in [6.07, 6.45) is 1.42. The van der Waals surface area contributed by atoms with E-state index in [9.17, 15) is 13.2 Å². The number of hydrogen-bond donors (Lipinski definition) is 2. The highest BCUT2D eigenvalue weighted by Gasteiger charge is 2.17. The number of benzene rings is 2. The lowest BCUT2D eigenvalue weighted by atomic mass is 10.2. The molecule has 0 unspecified atom stereocenters. The zero-order valence-corrected chi connectivity index (χ0v) is 16.1. The average molecular weight is 428 g/mol. The van der Waals surface area contributed by atoms with Crippen molar-refractivity contribution in [2.24, 2.45) is 0 Å². The summed E-state index contributed by atoms with van der Waals surface area (Å²) >= 11 is 12.7. The fraction of sp³-hybridized carbons (Fsp3) is 0. The summed E-state index contributed by atoms with van der Waals surface area (Å²) in [5.74, 6) is -0.487. The van der Waals surface area contributed by atoms with Crippen LogP contribution in [0.3, 0.4) is 0 Å². The van der Waals surface area contributed by atoms with E-state index in [2.05, 4.69) is 15.0 Å². The third-order valence-electron chi connectivity index (χ3n) is 3.20. The topological polar surface area (TPSA) is 88.2 Å². The van der Waals surface area contributed by atoms with E-state index in [4.69, 9.17) is 23.2 Å². The van der Waals surface area contributed by atoms with Gasteiger partial charge in [0.15, 0.2) is 5.13 Å². The SMILES string of the molecule is O=C(Nc1ncc(Cl)s1)c1cccc(S(=O)(=O)Nc2ccc(Cl)cc2)c1. The minimum atomic E-state index is -3.86. The molecule has 3 aromatic rings. The maximum atomic E-state index is 12.5. The van der Waals surface area contributed by atoms with E-state index in [-0.39, 0.29) is 10.5 Å². The van der Waals surface area contributed by atoms with Gasteiger partial charge < -0.3 is 0 Å². The predicted octanol–water partition coefficient (Wildman–Crippen LogP) is 4.50. The molecule has 1 amide bonds. The van der Waals surface area contributed by atoms with Crippen molar-refractivity contribution in [3.63, 3.8) is 0 Å². The van der Waals surface area contributed by atoms with Crippen molar-refractivity contribution in [2.45, 2.75) is 4.90 Å². The lowest BCUT2D eigenvalue weighted by molar-refractivity contribution is 0.102. The lowest BCUT2D eigenvalue weighted by Crippen LogP contribution is -2.15. The molecule has 6 nitrogen and oxygen atoms in total. The van der Waals surface area contributed by atoms with E-state index in [0.29, 0.717) is 20.2 Å². The van der Waals surface area contributed by atoms with Crippen molar-refractivity contribution in [2.75, 3.05) is 10.0 Å². The second kappa shape index (κ2) is 7.63. The fourth-order valence-electron chi connectivity index (χ4n) is 2.02. The van der Waals surface area contributed by atoms with Gasteiger partial charge in [-0.15, -0.1) is 0 Å². The zero-order valence-electron chi connectivity index (χ0n) is 12.9.